The first kappa shape index (κ1) is 63.2. The van der Waals surface area contributed by atoms with Crippen molar-refractivity contribution in [2.45, 2.75) is 205 Å². The fraction of sp³-hybridized carbons (Fsp3) is 0.929. The van der Waals surface area contributed by atoms with E-state index in [9.17, 15) is 101 Å². The number of aliphatic hydroxyl groups is 17. The van der Waals surface area contributed by atoms with Crippen LogP contribution in [-0.4, -0.2) is 322 Å². The molecule has 2 unspecified atom stereocenters. The number of rotatable bonds is 22. The Morgan fingerprint density at radius 3 is 1.45 bits per heavy atom. The molecule has 75 heavy (non-hydrogen) atoms. The SMILES string of the molecule is CC(=O)N[C@@H](CO)[C@@H](O[C@@H]1O[C@H](CO)[C@H](O)[C@H](O)[C@H]1O[C@@H]1O[C@@H](C)[C@@H](O)[C@@H](O)[C@@H]1O)[C@@H](O)[C@H](O)COC1O[C@H](CO)[C@@H](O[C@@H]2O[C@H](CO)[C@H](OC3O[C@H](CO)[C@H](O)[C@H](O)[C@H]3NC(C)=O)[C@H](O)[C@H]2O)[C@H](O)[C@H]1NC(C)=O. The lowest BCUT2D eigenvalue weighted by Gasteiger charge is -2.49. The molecule has 0 spiro atoms. The molecule has 5 aliphatic heterocycles. The van der Waals surface area contributed by atoms with Crippen LogP contribution in [0.1, 0.15) is 27.7 Å². The molecule has 33 heteroatoms. The monoisotopic (exact) mass is 1100 g/mol. The molecule has 0 aromatic heterocycles. The first-order valence-electron chi connectivity index (χ1n) is 23.9. The Hall–Kier alpha value is -2.67. The second kappa shape index (κ2) is 28.0. The van der Waals surface area contributed by atoms with Crippen LogP contribution in [0.3, 0.4) is 0 Å². The summed E-state index contributed by atoms with van der Waals surface area (Å²) >= 11 is 0. The molecule has 5 rings (SSSR count). The number of carbonyl (C=O) groups excluding carboxylic acids is 3. The Morgan fingerprint density at radius 2 is 0.920 bits per heavy atom. The van der Waals surface area contributed by atoms with Crippen molar-refractivity contribution >= 4 is 17.7 Å². The van der Waals surface area contributed by atoms with Crippen LogP contribution in [-0.2, 0) is 61.8 Å². The third kappa shape index (κ3) is 14.8. The molecule has 0 aliphatic carbocycles. The van der Waals surface area contributed by atoms with Crippen LogP contribution in [0.25, 0.3) is 0 Å². The quantitative estimate of drug-likeness (QED) is 0.0479. The lowest BCUT2D eigenvalue weighted by atomic mass is 9.94. The van der Waals surface area contributed by atoms with Crippen molar-refractivity contribution in [2.75, 3.05) is 39.6 Å². The molecule has 436 valence electrons. The van der Waals surface area contributed by atoms with Crippen molar-refractivity contribution in [3.05, 3.63) is 0 Å². The Balaban J connectivity index is 1.33. The number of hydrogen-bond donors (Lipinski definition) is 20. The fourth-order valence-corrected chi connectivity index (χ4v) is 9.16. The standard InChI is InChI=1S/C42H73N3O30/c1-11-23(55)29(61)32(64)40(67-11)75-37-30(62)26(58)18(7-48)69-42(37)72-34(15(5-46)43-12(2)51)24(56)16(54)10-66-38-22(45-14(4)53)28(60)35(19(8-49)70-38)74-41-33(65)31(63)36(20(9-50)71-41)73-39-21(44-13(3)52)27(59)25(57)17(6-47)68-39/h11,15-42,46-50,54-65H,5-10H2,1-4H3,(H,43,51)(H,44,52)(H,45,53)/t11-,15-,16+,17+,18+,19+,20+,21+,22+,23+,24-,25-,26-,27+,28+,29+,30-,31+,32-,33+,34+,35+,36-,37+,38?,39?,40-,41-,42-/m0/s1. The topological polar surface area (TPSA) is 524 Å². The molecule has 0 aromatic carbocycles. The van der Waals surface area contributed by atoms with E-state index in [2.05, 4.69) is 16.0 Å². The van der Waals surface area contributed by atoms with Gasteiger partial charge in [0.1, 0.15) is 134 Å². The van der Waals surface area contributed by atoms with Gasteiger partial charge in [0.25, 0.3) is 0 Å². The van der Waals surface area contributed by atoms with Crippen LogP contribution in [0.15, 0.2) is 0 Å². The summed E-state index contributed by atoms with van der Waals surface area (Å²) in [4.78, 5) is 36.7. The fourth-order valence-electron chi connectivity index (χ4n) is 9.16. The minimum absolute atomic E-state index is 0.720. The number of hydrogen-bond acceptors (Lipinski definition) is 30. The van der Waals surface area contributed by atoms with E-state index in [-0.39, 0.29) is 0 Å². The van der Waals surface area contributed by atoms with Gasteiger partial charge < -0.3 is 150 Å². The molecule has 5 fully saturated rings. The van der Waals surface area contributed by atoms with Gasteiger partial charge in [-0.1, -0.05) is 0 Å². The first-order valence-corrected chi connectivity index (χ1v) is 23.9. The van der Waals surface area contributed by atoms with Crippen molar-refractivity contribution in [3.63, 3.8) is 0 Å². The molecule has 33 nitrogen and oxygen atoms in total. The lowest BCUT2D eigenvalue weighted by molar-refractivity contribution is -0.374. The molecule has 0 aromatic rings. The van der Waals surface area contributed by atoms with Gasteiger partial charge in [-0.3, -0.25) is 14.4 Å². The molecular formula is C42H73N3O30. The van der Waals surface area contributed by atoms with E-state index in [1.807, 2.05) is 0 Å². The number of ether oxygens (including phenoxy) is 10. The van der Waals surface area contributed by atoms with Gasteiger partial charge in [0.15, 0.2) is 31.5 Å². The maximum Gasteiger partial charge on any atom is 0.217 e. The normalized spacial score (nSPS) is 44.2. The summed E-state index contributed by atoms with van der Waals surface area (Å²) in [6.45, 7) is -1.48. The highest BCUT2D eigenvalue weighted by atomic mass is 16.8. The third-order valence-electron chi connectivity index (χ3n) is 13.2. The van der Waals surface area contributed by atoms with Gasteiger partial charge in [-0.25, -0.2) is 0 Å². The Labute approximate surface area is 426 Å². The Kier molecular flexibility index (Phi) is 23.5. The third-order valence-corrected chi connectivity index (χ3v) is 13.2. The van der Waals surface area contributed by atoms with Crippen molar-refractivity contribution in [2.24, 2.45) is 0 Å². The van der Waals surface area contributed by atoms with Gasteiger partial charge in [-0.2, -0.15) is 0 Å². The van der Waals surface area contributed by atoms with Gasteiger partial charge in [-0.05, 0) is 6.92 Å². The summed E-state index contributed by atoms with van der Waals surface area (Å²) in [6, 6.07) is -4.89. The average Bonchev–Trinajstić information content (AvgIpc) is 3.37. The van der Waals surface area contributed by atoms with Gasteiger partial charge in [0.2, 0.25) is 17.7 Å². The molecule has 20 N–H and O–H groups in total. The second-order valence-corrected chi connectivity index (χ2v) is 18.8. The predicted molar refractivity (Wildman–Crippen MR) is 235 cm³/mol. The van der Waals surface area contributed by atoms with E-state index < -0.39 is 235 Å². The number of nitrogens with one attached hydrogen (secondary N) is 3. The summed E-state index contributed by atoms with van der Waals surface area (Å²) in [5.41, 5.74) is 0. The lowest BCUT2D eigenvalue weighted by Crippen LogP contribution is -2.69. The number of carbonyl (C=O) groups is 3. The van der Waals surface area contributed by atoms with E-state index in [1.54, 1.807) is 0 Å². The smallest absolute Gasteiger partial charge is 0.217 e. The van der Waals surface area contributed by atoms with Crippen LogP contribution in [0.4, 0.5) is 0 Å². The van der Waals surface area contributed by atoms with Crippen molar-refractivity contribution < 1.29 is 149 Å². The van der Waals surface area contributed by atoms with Gasteiger partial charge in [0.05, 0.1) is 51.8 Å². The van der Waals surface area contributed by atoms with Crippen LogP contribution < -0.4 is 16.0 Å². The van der Waals surface area contributed by atoms with Crippen LogP contribution in [0.5, 0.6) is 0 Å². The zero-order valence-corrected chi connectivity index (χ0v) is 40.9. The van der Waals surface area contributed by atoms with Crippen molar-refractivity contribution in [3.8, 4) is 0 Å². The Morgan fingerprint density at radius 1 is 0.480 bits per heavy atom. The van der Waals surface area contributed by atoms with Crippen molar-refractivity contribution in [1.82, 2.24) is 16.0 Å². The number of aliphatic hydroxyl groups excluding tert-OH is 17. The highest BCUT2D eigenvalue weighted by molar-refractivity contribution is 5.74. The molecule has 0 bridgehead atoms. The van der Waals surface area contributed by atoms with Crippen molar-refractivity contribution in [1.29, 1.82) is 0 Å². The first-order chi connectivity index (χ1) is 35.3. The van der Waals surface area contributed by atoms with E-state index in [0.717, 1.165) is 20.8 Å². The van der Waals surface area contributed by atoms with Crippen LogP contribution >= 0.6 is 0 Å². The molecule has 5 aliphatic rings. The summed E-state index contributed by atoms with van der Waals surface area (Å²) < 4.78 is 57.1. The highest BCUT2D eigenvalue weighted by Crippen LogP contribution is 2.35. The van der Waals surface area contributed by atoms with Crippen LogP contribution in [0.2, 0.25) is 0 Å². The maximum atomic E-state index is 12.5. The minimum Gasteiger partial charge on any atom is -0.394 e. The van der Waals surface area contributed by atoms with E-state index in [1.165, 1.54) is 6.92 Å². The molecule has 0 radical (unpaired) electrons. The van der Waals surface area contributed by atoms with Crippen LogP contribution in [0, 0.1) is 0 Å². The number of amides is 3. The van der Waals surface area contributed by atoms with E-state index >= 15 is 0 Å². The molecule has 29 atom stereocenters. The Bertz CT molecular complexity index is 1800. The maximum absolute atomic E-state index is 12.5. The second-order valence-electron chi connectivity index (χ2n) is 18.8. The van der Waals surface area contributed by atoms with E-state index in [4.69, 9.17) is 47.4 Å². The molecule has 3 amide bonds. The van der Waals surface area contributed by atoms with E-state index in [0.29, 0.717) is 0 Å². The van der Waals surface area contributed by atoms with Gasteiger partial charge in [0, 0.05) is 20.8 Å². The summed E-state index contributed by atoms with van der Waals surface area (Å²) in [5.74, 6) is -2.37. The molecule has 5 heterocycles. The van der Waals surface area contributed by atoms with Gasteiger partial charge in [-0.15, -0.1) is 0 Å². The molecular weight excluding hydrogens is 1030 g/mol. The average molecular weight is 1100 g/mol. The molecule has 0 saturated carbocycles. The summed E-state index contributed by atoms with van der Waals surface area (Å²) in [5, 5.41) is 189. The predicted octanol–water partition coefficient (Wildman–Crippen LogP) is -13.0. The minimum atomic E-state index is -2.29. The molecule has 5 saturated heterocycles. The zero-order valence-electron chi connectivity index (χ0n) is 40.9. The summed E-state index contributed by atoms with van der Waals surface area (Å²) in [7, 11) is 0. The highest BCUT2D eigenvalue weighted by Gasteiger charge is 2.56. The zero-order chi connectivity index (χ0) is 55.9. The largest absolute Gasteiger partial charge is 0.394 e. The van der Waals surface area contributed by atoms with Gasteiger partial charge >= 0.3 is 0 Å². The summed E-state index contributed by atoms with van der Waals surface area (Å²) in [6.07, 6.45) is -48.3.